The van der Waals surface area contributed by atoms with E-state index in [1.165, 1.54) is 0 Å². The minimum Gasteiger partial charge on any atom is -0.478 e. The second kappa shape index (κ2) is 7.55. The van der Waals surface area contributed by atoms with Crippen molar-refractivity contribution >= 4 is 12.0 Å². The SMILES string of the molecule is C=CC(=O)F.C=CC(=O)O. The number of aliphatic carboxylic acids is 1. The number of hydrogen-bond donors (Lipinski definition) is 1. The molecule has 0 rings (SSSR count). The van der Waals surface area contributed by atoms with Gasteiger partial charge in [-0.1, -0.05) is 13.2 Å². The van der Waals surface area contributed by atoms with Crippen LogP contribution in [0.3, 0.4) is 0 Å². The van der Waals surface area contributed by atoms with Crippen LogP contribution in [0.25, 0.3) is 0 Å². The van der Waals surface area contributed by atoms with Gasteiger partial charge in [0.25, 0.3) is 0 Å². The van der Waals surface area contributed by atoms with Crippen LogP contribution in [0.5, 0.6) is 0 Å². The molecule has 0 bridgehead atoms. The largest absolute Gasteiger partial charge is 0.478 e. The zero-order chi connectivity index (χ0) is 8.57. The summed E-state index contributed by atoms with van der Waals surface area (Å²) >= 11 is 0. The van der Waals surface area contributed by atoms with Gasteiger partial charge in [-0.2, -0.15) is 4.39 Å². The number of carboxylic acids is 1. The molecular formula is C6H7FO3. The molecule has 0 aliphatic carbocycles. The van der Waals surface area contributed by atoms with Crippen molar-refractivity contribution in [3.63, 3.8) is 0 Å². The summed E-state index contributed by atoms with van der Waals surface area (Å²) in [6.45, 7) is 5.80. The van der Waals surface area contributed by atoms with Crippen molar-refractivity contribution in [2.24, 2.45) is 0 Å². The van der Waals surface area contributed by atoms with Gasteiger partial charge >= 0.3 is 12.0 Å². The number of carboxylic acid groups (broad SMARTS) is 1. The predicted octanol–water partition coefficient (Wildman–Crippen LogP) is 0.925. The summed E-state index contributed by atoms with van der Waals surface area (Å²) in [5, 5.41) is 7.60. The highest BCUT2D eigenvalue weighted by Crippen LogP contribution is 1.66. The molecule has 0 atom stereocenters. The fourth-order valence-corrected chi connectivity index (χ4v) is 0. The first kappa shape index (κ1) is 11.4. The van der Waals surface area contributed by atoms with Gasteiger partial charge in [-0.25, -0.2) is 4.79 Å². The molecule has 0 heterocycles. The highest BCUT2D eigenvalue weighted by molar-refractivity contribution is 5.79. The van der Waals surface area contributed by atoms with Crippen LogP contribution in [0.1, 0.15) is 0 Å². The molecule has 0 aromatic heterocycles. The van der Waals surface area contributed by atoms with Gasteiger partial charge in [-0.15, -0.1) is 0 Å². The smallest absolute Gasteiger partial charge is 0.327 e. The third-order valence-electron chi connectivity index (χ3n) is 0.335. The van der Waals surface area contributed by atoms with E-state index in [9.17, 15) is 9.18 Å². The average Bonchev–Trinajstić information content (AvgIpc) is 1.89. The lowest BCUT2D eigenvalue weighted by Crippen LogP contribution is -1.82. The fraction of sp³-hybridized carbons (Fsp3) is 0. The first-order valence-corrected chi connectivity index (χ1v) is 2.21. The highest BCUT2D eigenvalue weighted by atomic mass is 19.1. The number of halogens is 1. The van der Waals surface area contributed by atoms with E-state index < -0.39 is 12.0 Å². The maximum absolute atomic E-state index is 10.7. The average molecular weight is 146 g/mol. The minimum absolute atomic E-state index is 0.611. The van der Waals surface area contributed by atoms with E-state index in [0.29, 0.717) is 6.08 Å². The van der Waals surface area contributed by atoms with Crippen molar-refractivity contribution in [2.75, 3.05) is 0 Å². The van der Waals surface area contributed by atoms with E-state index in [1.54, 1.807) is 0 Å². The number of allylic oxidation sites excluding steroid dienone is 1. The van der Waals surface area contributed by atoms with Gasteiger partial charge in [0.1, 0.15) is 0 Å². The third-order valence-corrected chi connectivity index (χ3v) is 0.335. The highest BCUT2D eigenvalue weighted by Gasteiger charge is 1.77. The summed E-state index contributed by atoms with van der Waals surface area (Å²) in [4.78, 5) is 18.3. The molecule has 0 amide bonds. The van der Waals surface area contributed by atoms with Gasteiger partial charge in [0, 0.05) is 12.2 Å². The Morgan fingerprint density at radius 1 is 1.30 bits per heavy atom. The van der Waals surface area contributed by atoms with Crippen molar-refractivity contribution in [2.45, 2.75) is 0 Å². The Hall–Kier alpha value is -1.45. The van der Waals surface area contributed by atoms with E-state index in [2.05, 4.69) is 13.2 Å². The van der Waals surface area contributed by atoms with Crippen LogP contribution >= 0.6 is 0 Å². The fourth-order valence-electron chi connectivity index (χ4n) is 0. The Kier molecular flexibility index (Phi) is 8.58. The topological polar surface area (TPSA) is 54.4 Å². The molecule has 3 nitrogen and oxygen atoms in total. The van der Waals surface area contributed by atoms with Crippen LogP contribution in [-0.2, 0) is 9.59 Å². The monoisotopic (exact) mass is 146 g/mol. The van der Waals surface area contributed by atoms with Crippen molar-refractivity contribution < 1.29 is 19.1 Å². The van der Waals surface area contributed by atoms with Gasteiger partial charge in [0.05, 0.1) is 0 Å². The molecule has 0 unspecified atom stereocenters. The second-order valence-electron chi connectivity index (χ2n) is 1.05. The molecule has 0 saturated carbocycles. The second-order valence-corrected chi connectivity index (χ2v) is 1.05. The lowest BCUT2D eigenvalue weighted by atomic mass is 10.7. The van der Waals surface area contributed by atoms with Crippen molar-refractivity contribution in [1.29, 1.82) is 0 Å². The molecule has 0 radical (unpaired) electrons. The van der Waals surface area contributed by atoms with Gasteiger partial charge < -0.3 is 5.11 Å². The van der Waals surface area contributed by atoms with Crippen molar-refractivity contribution in [1.82, 2.24) is 0 Å². The van der Waals surface area contributed by atoms with Crippen LogP contribution in [0.2, 0.25) is 0 Å². The first-order chi connectivity index (χ1) is 4.54. The zero-order valence-electron chi connectivity index (χ0n) is 5.21. The molecule has 0 aromatic rings. The van der Waals surface area contributed by atoms with E-state index in [0.717, 1.165) is 6.08 Å². The molecule has 0 fully saturated rings. The predicted molar refractivity (Wildman–Crippen MR) is 34.1 cm³/mol. The molecule has 0 aromatic carbocycles. The first-order valence-electron chi connectivity index (χ1n) is 2.21. The zero-order valence-corrected chi connectivity index (χ0v) is 5.21. The molecular weight excluding hydrogens is 139 g/mol. The summed E-state index contributed by atoms with van der Waals surface area (Å²) < 4.78 is 10.7. The van der Waals surface area contributed by atoms with Crippen molar-refractivity contribution in [3.8, 4) is 0 Å². The maximum Gasteiger partial charge on any atom is 0.327 e. The summed E-state index contributed by atoms with van der Waals surface area (Å²) in [6.07, 6.45) is 1.44. The number of carbonyl (C=O) groups excluding carboxylic acids is 1. The Labute approximate surface area is 57.5 Å². The van der Waals surface area contributed by atoms with Gasteiger partial charge in [-0.05, 0) is 0 Å². The maximum atomic E-state index is 10.7. The normalized spacial score (nSPS) is 6.50. The summed E-state index contributed by atoms with van der Waals surface area (Å²) in [5.74, 6) is -0.981. The van der Waals surface area contributed by atoms with Crippen LogP contribution in [0.4, 0.5) is 4.39 Å². The quantitative estimate of drug-likeness (QED) is 0.465. The van der Waals surface area contributed by atoms with Crippen LogP contribution in [0.15, 0.2) is 25.3 Å². The number of carbonyl (C=O) groups is 2. The van der Waals surface area contributed by atoms with Crippen LogP contribution < -0.4 is 0 Å². The molecule has 0 aliphatic rings. The Balaban J connectivity index is 0. The molecule has 4 heteroatoms. The summed E-state index contributed by atoms with van der Waals surface area (Å²) in [7, 11) is 0. The summed E-state index contributed by atoms with van der Waals surface area (Å²) in [6, 6.07) is -1.48. The van der Waals surface area contributed by atoms with Crippen LogP contribution in [0, 0.1) is 0 Å². The molecule has 10 heavy (non-hydrogen) atoms. The van der Waals surface area contributed by atoms with Gasteiger partial charge in [-0.3, -0.25) is 4.79 Å². The molecule has 0 aliphatic heterocycles. The minimum atomic E-state index is -1.48. The lowest BCUT2D eigenvalue weighted by Gasteiger charge is -1.64. The van der Waals surface area contributed by atoms with E-state index in [4.69, 9.17) is 9.90 Å². The number of hydrogen-bond acceptors (Lipinski definition) is 2. The van der Waals surface area contributed by atoms with E-state index in [-0.39, 0.29) is 0 Å². The van der Waals surface area contributed by atoms with Crippen LogP contribution in [-0.4, -0.2) is 17.1 Å². The number of rotatable bonds is 2. The van der Waals surface area contributed by atoms with Crippen molar-refractivity contribution in [3.05, 3.63) is 25.3 Å². The Bertz CT molecular complexity index is 133. The molecule has 56 valence electrons. The Morgan fingerprint density at radius 2 is 1.50 bits per heavy atom. The lowest BCUT2D eigenvalue weighted by molar-refractivity contribution is -0.131. The molecule has 0 spiro atoms. The summed E-state index contributed by atoms with van der Waals surface area (Å²) in [5.41, 5.74) is 0. The van der Waals surface area contributed by atoms with E-state index in [1.807, 2.05) is 0 Å². The third kappa shape index (κ3) is 31.0. The molecule has 1 N–H and O–H groups in total. The van der Waals surface area contributed by atoms with E-state index >= 15 is 0 Å². The van der Waals surface area contributed by atoms with Gasteiger partial charge in [0.15, 0.2) is 0 Å². The standard InChI is InChI=1S/C3H3FO.C3H4O2/c2*1-2-3(4)5/h2H,1H2;2H,1H2,(H,4,5). The Morgan fingerprint density at radius 3 is 1.50 bits per heavy atom. The van der Waals surface area contributed by atoms with Gasteiger partial charge in [0.2, 0.25) is 0 Å². The molecule has 0 saturated heterocycles.